The Labute approximate surface area is 183 Å². The lowest BCUT2D eigenvalue weighted by Crippen LogP contribution is -2.14. The van der Waals surface area contributed by atoms with Crippen LogP contribution in [0.3, 0.4) is 0 Å². The van der Waals surface area contributed by atoms with Crippen molar-refractivity contribution in [2.45, 2.75) is 43.2 Å². The maximum absolute atomic E-state index is 12.4. The zero-order valence-electron chi connectivity index (χ0n) is 17.0. The number of amides is 1. The predicted molar refractivity (Wildman–Crippen MR) is 118 cm³/mol. The van der Waals surface area contributed by atoms with Crippen LogP contribution >= 0.6 is 23.1 Å². The molecule has 158 valence electrons. The van der Waals surface area contributed by atoms with Crippen molar-refractivity contribution in [2.24, 2.45) is 7.05 Å². The molecule has 1 amide bonds. The maximum atomic E-state index is 12.4. The second kappa shape index (κ2) is 9.57. The third kappa shape index (κ3) is 4.81. The molecule has 4 rings (SSSR count). The average Bonchev–Trinajstić information content (AvgIpc) is 3.39. The van der Waals surface area contributed by atoms with Crippen LogP contribution in [0.2, 0.25) is 0 Å². The highest BCUT2D eigenvalue weighted by molar-refractivity contribution is 7.99. The van der Waals surface area contributed by atoms with E-state index in [-0.39, 0.29) is 11.7 Å². The van der Waals surface area contributed by atoms with Gasteiger partial charge in [0, 0.05) is 18.5 Å². The van der Waals surface area contributed by atoms with Crippen LogP contribution in [0, 0.1) is 0 Å². The van der Waals surface area contributed by atoms with Gasteiger partial charge in [0.05, 0.1) is 12.9 Å². The minimum atomic E-state index is -0.125. The van der Waals surface area contributed by atoms with Crippen LogP contribution in [0.5, 0.6) is 5.75 Å². The third-order valence-corrected chi connectivity index (χ3v) is 7.18. The first kappa shape index (κ1) is 20.8. The largest absolute Gasteiger partial charge is 0.497 e. The molecule has 1 N–H and O–H groups in total. The molecule has 2 aromatic heterocycles. The summed E-state index contributed by atoms with van der Waals surface area (Å²) in [5, 5.41) is 22.0. The lowest BCUT2D eigenvalue weighted by atomic mass is 9.90. The minimum absolute atomic E-state index is 0.125. The molecule has 8 nitrogen and oxygen atoms in total. The van der Waals surface area contributed by atoms with Crippen LogP contribution in [0.15, 0.2) is 29.4 Å². The zero-order chi connectivity index (χ0) is 20.9. The number of ether oxygens (including phenoxy) is 1. The van der Waals surface area contributed by atoms with Gasteiger partial charge in [-0.05, 0) is 37.1 Å². The van der Waals surface area contributed by atoms with Gasteiger partial charge in [-0.15, -0.1) is 20.4 Å². The summed E-state index contributed by atoms with van der Waals surface area (Å²) in [5.74, 6) is 2.12. The van der Waals surface area contributed by atoms with Crippen LogP contribution in [0.25, 0.3) is 11.4 Å². The van der Waals surface area contributed by atoms with Crippen molar-refractivity contribution in [3.8, 4) is 17.1 Å². The van der Waals surface area contributed by atoms with Gasteiger partial charge >= 0.3 is 0 Å². The first-order chi connectivity index (χ1) is 14.6. The van der Waals surface area contributed by atoms with Gasteiger partial charge in [-0.1, -0.05) is 42.4 Å². The SMILES string of the molecule is COc1ccc(-c2nnc(SCC(=O)Nc3nnc(C4CCCCC4)s3)n2C)cc1. The van der Waals surface area contributed by atoms with Crippen molar-refractivity contribution in [3.05, 3.63) is 29.3 Å². The van der Waals surface area contributed by atoms with Crippen LogP contribution < -0.4 is 10.1 Å². The van der Waals surface area contributed by atoms with Gasteiger partial charge < -0.3 is 9.30 Å². The molecule has 0 aliphatic heterocycles. The van der Waals surface area contributed by atoms with Crippen molar-refractivity contribution < 1.29 is 9.53 Å². The van der Waals surface area contributed by atoms with Crippen molar-refractivity contribution in [1.29, 1.82) is 0 Å². The number of nitrogens with zero attached hydrogens (tertiary/aromatic N) is 5. The van der Waals surface area contributed by atoms with E-state index in [2.05, 4.69) is 25.7 Å². The fourth-order valence-electron chi connectivity index (χ4n) is 3.52. The van der Waals surface area contributed by atoms with E-state index in [0.717, 1.165) is 22.1 Å². The van der Waals surface area contributed by atoms with E-state index in [4.69, 9.17) is 4.74 Å². The predicted octanol–water partition coefficient (Wildman–Crippen LogP) is 4.12. The molecule has 0 radical (unpaired) electrons. The monoisotopic (exact) mass is 444 g/mol. The molecule has 2 heterocycles. The molecule has 3 aromatic rings. The van der Waals surface area contributed by atoms with E-state index in [1.165, 1.54) is 55.2 Å². The van der Waals surface area contributed by atoms with Gasteiger partial charge in [-0.2, -0.15) is 0 Å². The topological polar surface area (TPSA) is 94.8 Å². The first-order valence-electron chi connectivity index (χ1n) is 9.94. The third-order valence-electron chi connectivity index (χ3n) is 5.16. The summed E-state index contributed by atoms with van der Waals surface area (Å²) >= 11 is 2.83. The van der Waals surface area contributed by atoms with Gasteiger partial charge in [0.1, 0.15) is 10.8 Å². The van der Waals surface area contributed by atoms with Crippen LogP contribution in [0.1, 0.15) is 43.0 Å². The lowest BCUT2D eigenvalue weighted by molar-refractivity contribution is -0.113. The smallest absolute Gasteiger partial charge is 0.236 e. The summed E-state index contributed by atoms with van der Waals surface area (Å²) in [6, 6.07) is 7.63. The van der Waals surface area contributed by atoms with Crippen LogP contribution in [0.4, 0.5) is 5.13 Å². The van der Waals surface area contributed by atoms with Gasteiger partial charge in [0.25, 0.3) is 0 Å². The van der Waals surface area contributed by atoms with E-state index in [1.807, 2.05) is 35.9 Å². The number of methoxy groups -OCH3 is 1. The number of carbonyl (C=O) groups excluding carboxylic acids is 1. The number of benzene rings is 1. The summed E-state index contributed by atoms with van der Waals surface area (Å²) in [6.45, 7) is 0. The Bertz CT molecular complexity index is 995. The maximum Gasteiger partial charge on any atom is 0.236 e. The van der Waals surface area contributed by atoms with Crippen molar-refractivity contribution in [1.82, 2.24) is 25.0 Å². The summed E-state index contributed by atoms with van der Waals surface area (Å²) in [6.07, 6.45) is 6.14. The Morgan fingerprint density at radius 2 is 1.93 bits per heavy atom. The molecule has 0 atom stereocenters. The van der Waals surface area contributed by atoms with E-state index >= 15 is 0 Å². The van der Waals surface area contributed by atoms with Crippen LogP contribution in [-0.4, -0.2) is 43.7 Å². The van der Waals surface area contributed by atoms with Crippen molar-refractivity contribution in [2.75, 3.05) is 18.2 Å². The van der Waals surface area contributed by atoms with Gasteiger partial charge in [0.2, 0.25) is 11.0 Å². The van der Waals surface area contributed by atoms with Crippen molar-refractivity contribution >= 4 is 34.1 Å². The van der Waals surface area contributed by atoms with Gasteiger partial charge in [0.15, 0.2) is 11.0 Å². The number of rotatable bonds is 7. The number of nitrogens with one attached hydrogen (secondary N) is 1. The molecular weight excluding hydrogens is 420 g/mol. The number of aromatic nitrogens is 5. The quantitative estimate of drug-likeness (QED) is 0.548. The molecule has 0 bridgehead atoms. The summed E-state index contributed by atoms with van der Waals surface area (Å²) in [4.78, 5) is 12.4. The normalized spacial score (nSPS) is 14.6. The molecule has 1 aliphatic carbocycles. The Balaban J connectivity index is 1.33. The van der Waals surface area contributed by atoms with E-state index < -0.39 is 0 Å². The van der Waals surface area contributed by atoms with E-state index in [1.54, 1.807) is 7.11 Å². The lowest BCUT2D eigenvalue weighted by Gasteiger charge is -2.18. The second-order valence-electron chi connectivity index (χ2n) is 7.21. The fourth-order valence-corrected chi connectivity index (χ4v) is 5.16. The summed E-state index contributed by atoms with van der Waals surface area (Å²) in [5.41, 5.74) is 0.936. The number of anilines is 1. The van der Waals surface area contributed by atoms with Crippen LogP contribution in [-0.2, 0) is 11.8 Å². The highest BCUT2D eigenvalue weighted by Gasteiger charge is 2.20. The molecule has 0 spiro atoms. The number of thioether (sulfide) groups is 1. The summed E-state index contributed by atoms with van der Waals surface area (Å²) in [7, 11) is 3.52. The van der Waals surface area contributed by atoms with Crippen molar-refractivity contribution in [3.63, 3.8) is 0 Å². The molecule has 1 aliphatic rings. The number of hydrogen-bond acceptors (Lipinski definition) is 8. The molecule has 1 saturated carbocycles. The first-order valence-corrected chi connectivity index (χ1v) is 11.7. The standard InChI is InChI=1S/C20H24N6O2S2/c1-26-17(13-8-10-15(28-2)11-9-13)22-25-20(26)29-12-16(27)21-19-24-23-18(30-19)14-6-4-3-5-7-14/h8-11,14H,3-7,12H2,1-2H3,(H,21,24,27). The number of hydrogen-bond donors (Lipinski definition) is 1. The molecule has 30 heavy (non-hydrogen) atoms. The van der Waals surface area contributed by atoms with Gasteiger partial charge in [-0.25, -0.2) is 0 Å². The zero-order valence-corrected chi connectivity index (χ0v) is 18.6. The molecule has 1 fully saturated rings. The van der Waals surface area contributed by atoms with E-state index in [0.29, 0.717) is 16.2 Å². The molecule has 0 saturated heterocycles. The Morgan fingerprint density at radius 3 is 2.67 bits per heavy atom. The molecule has 0 unspecified atom stereocenters. The van der Waals surface area contributed by atoms with E-state index in [9.17, 15) is 4.79 Å². The molecular formula is C20H24N6O2S2. The average molecular weight is 445 g/mol. The Hall–Kier alpha value is -2.46. The highest BCUT2D eigenvalue weighted by Crippen LogP contribution is 2.35. The minimum Gasteiger partial charge on any atom is -0.497 e. The second-order valence-corrected chi connectivity index (χ2v) is 9.16. The highest BCUT2D eigenvalue weighted by atomic mass is 32.2. The van der Waals surface area contributed by atoms with Gasteiger partial charge in [-0.3, -0.25) is 10.1 Å². The Kier molecular flexibility index (Phi) is 6.63. The number of carbonyl (C=O) groups is 1. The Morgan fingerprint density at radius 1 is 1.17 bits per heavy atom. The summed E-state index contributed by atoms with van der Waals surface area (Å²) < 4.78 is 7.07. The molecule has 10 heteroatoms. The molecule has 1 aromatic carbocycles. The fraction of sp³-hybridized carbons (Fsp3) is 0.450.